The zero-order valence-electron chi connectivity index (χ0n) is 11.7. The SMILES string of the molecule is COC(=O)CC[C@H](NC(=O)C1(N)CCCCC1)C(=O)O. The molecular formula is C13H22N2O5. The molecule has 0 aromatic carbocycles. The van der Waals surface area contributed by atoms with E-state index in [2.05, 4.69) is 10.1 Å². The summed E-state index contributed by atoms with van der Waals surface area (Å²) in [5, 5.41) is 11.5. The van der Waals surface area contributed by atoms with E-state index in [0.29, 0.717) is 12.8 Å². The molecule has 7 nitrogen and oxygen atoms in total. The number of rotatable bonds is 6. The summed E-state index contributed by atoms with van der Waals surface area (Å²) in [5.41, 5.74) is 5.05. The second-order valence-electron chi connectivity index (χ2n) is 5.20. The summed E-state index contributed by atoms with van der Waals surface area (Å²) in [6.45, 7) is 0. The third-order valence-electron chi connectivity index (χ3n) is 3.67. The van der Waals surface area contributed by atoms with Crippen molar-refractivity contribution >= 4 is 17.8 Å². The first-order chi connectivity index (χ1) is 9.39. The number of methoxy groups -OCH3 is 1. The normalized spacial score (nSPS) is 18.9. The third-order valence-corrected chi connectivity index (χ3v) is 3.67. The summed E-state index contributed by atoms with van der Waals surface area (Å²) in [4.78, 5) is 34.3. The lowest BCUT2D eigenvalue weighted by molar-refractivity contribution is -0.145. The average molecular weight is 286 g/mol. The van der Waals surface area contributed by atoms with E-state index in [-0.39, 0.29) is 12.8 Å². The summed E-state index contributed by atoms with van der Waals surface area (Å²) in [6, 6.07) is -1.12. The highest BCUT2D eigenvalue weighted by Gasteiger charge is 2.37. The lowest BCUT2D eigenvalue weighted by atomic mass is 9.81. The Kier molecular flexibility index (Phi) is 5.94. The molecule has 0 heterocycles. The predicted octanol–water partition coefficient (Wildman–Crippen LogP) is 0.171. The Morgan fingerprint density at radius 3 is 2.40 bits per heavy atom. The topological polar surface area (TPSA) is 119 Å². The Bertz CT molecular complexity index is 377. The van der Waals surface area contributed by atoms with Gasteiger partial charge in [0, 0.05) is 6.42 Å². The van der Waals surface area contributed by atoms with Crippen LogP contribution in [-0.2, 0) is 19.1 Å². The fourth-order valence-electron chi connectivity index (χ4n) is 2.33. The highest BCUT2D eigenvalue weighted by Crippen LogP contribution is 2.26. The van der Waals surface area contributed by atoms with Gasteiger partial charge in [0.05, 0.1) is 12.6 Å². The summed E-state index contributed by atoms with van der Waals surface area (Å²) in [7, 11) is 1.23. The van der Waals surface area contributed by atoms with Gasteiger partial charge < -0.3 is 20.9 Å². The average Bonchev–Trinajstić information content (AvgIpc) is 2.43. The van der Waals surface area contributed by atoms with Gasteiger partial charge in [-0.3, -0.25) is 9.59 Å². The van der Waals surface area contributed by atoms with Crippen LogP contribution in [0.25, 0.3) is 0 Å². The summed E-state index contributed by atoms with van der Waals surface area (Å²) < 4.78 is 4.45. The van der Waals surface area contributed by atoms with Crippen molar-refractivity contribution in [1.29, 1.82) is 0 Å². The molecule has 0 aromatic rings. The van der Waals surface area contributed by atoms with Crippen LogP contribution in [0, 0.1) is 0 Å². The number of aliphatic carboxylic acids is 1. The largest absolute Gasteiger partial charge is 0.480 e. The van der Waals surface area contributed by atoms with Gasteiger partial charge in [0.15, 0.2) is 0 Å². The van der Waals surface area contributed by atoms with Crippen molar-refractivity contribution in [2.75, 3.05) is 7.11 Å². The molecule has 114 valence electrons. The van der Waals surface area contributed by atoms with Gasteiger partial charge in [0.25, 0.3) is 0 Å². The van der Waals surface area contributed by atoms with Crippen molar-refractivity contribution in [2.45, 2.75) is 56.5 Å². The van der Waals surface area contributed by atoms with Crippen LogP contribution in [-0.4, -0.2) is 41.6 Å². The lowest BCUT2D eigenvalue weighted by Crippen LogP contribution is -2.58. The quantitative estimate of drug-likeness (QED) is 0.599. The molecule has 0 saturated heterocycles. The van der Waals surface area contributed by atoms with Gasteiger partial charge in [-0.05, 0) is 19.3 Å². The molecule has 1 fully saturated rings. The minimum atomic E-state index is -1.18. The van der Waals surface area contributed by atoms with Crippen LogP contribution in [0.3, 0.4) is 0 Å². The maximum absolute atomic E-state index is 12.1. The molecule has 0 unspecified atom stereocenters. The number of hydrogen-bond acceptors (Lipinski definition) is 5. The number of carbonyl (C=O) groups is 3. The third kappa shape index (κ3) is 4.48. The van der Waals surface area contributed by atoms with E-state index in [1.54, 1.807) is 0 Å². The first-order valence-corrected chi connectivity index (χ1v) is 6.78. The van der Waals surface area contributed by atoms with Crippen molar-refractivity contribution in [3.05, 3.63) is 0 Å². The summed E-state index contributed by atoms with van der Waals surface area (Å²) >= 11 is 0. The van der Waals surface area contributed by atoms with E-state index in [9.17, 15) is 14.4 Å². The molecule has 0 aliphatic heterocycles. The Labute approximate surface area is 117 Å². The molecule has 1 atom stereocenters. The van der Waals surface area contributed by atoms with E-state index in [0.717, 1.165) is 19.3 Å². The van der Waals surface area contributed by atoms with Crippen LogP contribution in [0.15, 0.2) is 0 Å². The van der Waals surface area contributed by atoms with Crippen molar-refractivity contribution < 1.29 is 24.2 Å². The minimum Gasteiger partial charge on any atom is -0.480 e. The second-order valence-corrected chi connectivity index (χ2v) is 5.20. The number of carboxylic acids is 1. The van der Waals surface area contributed by atoms with Crippen LogP contribution in [0.4, 0.5) is 0 Å². The van der Waals surface area contributed by atoms with Gasteiger partial charge >= 0.3 is 11.9 Å². The molecule has 4 N–H and O–H groups in total. The smallest absolute Gasteiger partial charge is 0.326 e. The predicted molar refractivity (Wildman–Crippen MR) is 70.8 cm³/mol. The van der Waals surface area contributed by atoms with Crippen LogP contribution in [0.2, 0.25) is 0 Å². The molecule has 1 saturated carbocycles. The minimum absolute atomic E-state index is 0.0101. The second kappa shape index (κ2) is 7.23. The van der Waals surface area contributed by atoms with E-state index in [4.69, 9.17) is 10.8 Å². The Hall–Kier alpha value is -1.63. The number of nitrogens with one attached hydrogen (secondary N) is 1. The fraction of sp³-hybridized carbons (Fsp3) is 0.769. The van der Waals surface area contributed by atoms with E-state index < -0.39 is 29.4 Å². The number of ether oxygens (including phenoxy) is 1. The molecule has 0 radical (unpaired) electrons. The molecule has 0 aromatic heterocycles. The molecule has 20 heavy (non-hydrogen) atoms. The maximum Gasteiger partial charge on any atom is 0.326 e. The molecule has 0 bridgehead atoms. The zero-order chi connectivity index (χ0) is 15.2. The van der Waals surface area contributed by atoms with Gasteiger partial charge in [-0.25, -0.2) is 4.79 Å². The molecule has 0 spiro atoms. The van der Waals surface area contributed by atoms with Crippen LogP contribution < -0.4 is 11.1 Å². The first-order valence-electron chi connectivity index (χ1n) is 6.78. The Morgan fingerprint density at radius 2 is 1.90 bits per heavy atom. The van der Waals surface area contributed by atoms with Crippen LogP contribution >= 0.6 is 0 Å². The van der Waals surface area contributed by atoms with Gasteiger partial charge in [0.1, 0.15) is 6.04 Å². The number of carbonyl (C=O) groups excluding carboxylic acids is 2. The fourth-order valence-corrected chi connectivity index (χ4v) is 2.33. The van der Waals surface area contributed by atoms with Gasteiger partial charge in [-0.1, -0.05) is 19.3 Å². The molecule has 7 heteroatoms. The van der Waals surface area contributed by atoms with Crippen LogP contribution in [0.1, 0.15) is 44.9 Å². The zero-order valence-corrected chi connectivity index (χ0v) is 11.7. The van der Waals surface area contributed by atoms with Crippen LogP contribution in [0.5, 0.6) is 0 Å². The maximum atomic E-state index is 12.1. The monoisotopic (exact) mass is 286 g/mol. The molecule has 1 amide bonds. The highest BCUT2D eigenvalue weighted by atomic mass is 16.5. The first kappa shape index (κ1) is 16.4. The summed E-state index contributed by atoms with van der Waals surface area (Å²) in [6.07, 6.45) is 3.81. The number of carboxylic acid groups (broad SMARTS) is 1. The van der Waals surface area contributed by atoms with Crippen molar-refractivity contribution in [3.8, 4) is 0 Å². The van der Waals surface area contributed by atoms with Crippen molar-refractivity contribution in [3.63, 3.8) is 0 Å². The Morgan fingerprint density at radius 1 is 1.30 bits per heavy atom. The van der Waals surface area contributed by atoms with E-state index in [1.807, 2.05) is 0 Å². The van der Waals surface area contributed by atoms with Gasteiger partial charge in [-0.2, -0.15) is 0 Å². The number of amides is 1. The molecular weight excluding hydrogens is 264 g/mol. The van der Waals surface area contributed by atoms with E-state index >= 15 is 0 Å². The highest BCUT2D eigenvalue weighted by molar-refractivity contribution is 5.90. The number of hydrogen-bond donors (Lipinski definition) is 3. The van der Waals surface area contributed by atoms with Gasteiger partial charge in [-0.15, -0.1) is 0 Å². The number of esters is 1. The van der Waals surface area contributed by atoms with Crippen molar-refractivity contribution in [1.82, 2.24) is 5.32 Å². The van der Waals surface area contributed by atoms with E-state index in [1.165, 1.54) is 7.11 Å². The standard InChI is InChI=1S/C13H22N2O5/c1-20-10(16)6-5-9(11(17)18)15-12(19)13(14)7-3-2-4-8-13/h9H,2-8,14H2,1H3,(H,15,19)(H,17,18)/t9-/m0/s1. The molecule has 1 aliphatic rings. The molecule has 1 aliphatic carbocycles. The Balaban J connectivity index is 2.58. The van der Waals surface area contributed by atoms with Gasteiger partial charge in [0.2, 0.25) is 5.91 Å². The lowest BCUT2D eigenvalue weighted by Gasteiger charge is -2.32. The molecule has 1 rings (SSSR count). The number of nitrogens with two attached hydrogens (primary N) is 1. The van der Waals surface area contributed by atoms with Crippen molar-refractivity contribution in [2.24, 2.45) is 5.73 Å². The summed E-state index contributed by atoms with van der Waals surface area (Å²) in [5.74, 6) is -2.14.